The molecule has 1 saturated heterocycles. The van der Waals surface area contributed by atoms with Crippen molar-refractivity contribution in [2.24, 2.45) is 0 Å². The Morgan fingerprint density at radius 3 is 2.89 bits per heavy atom. The molecule has 144 valence electrons. The van der Waals surface area contributed by atoms with Gasteiger partial charge in [0.2, 0.25) is 5.89 Å². The summed E-state index contributed by atoms with van der Waals surface area (Å²) in [5, 5.41) is 8.37. The van der Waals surface area contributed by atoms with Gasteiger partial charge in [-0.2, -0.15) is 0 Å². The average molecular weight is 395 g/mol. The molecule has 0 aliphatic carbocycles. The molecule has 1 amide bonds. The molecule has 0 spiro atoms. The highest BCUT2D eigenvalue weighted by molar-refractivity contribution is 7.99. The molecule has 3 heterocycles. The predicted octanol–water partition coefficient (Wildman–Crippen LogP) is 4.26. The molecule has 1 aliphatic heterocycles. The first-order valence-corrected chi connectivity index (χ1v) is 10.5. The summed E-state index contributed by atoms with van der Waals surface area (Å²) in [4.78, 5) is 20.3. The summed E-state index contributed by atoms with van der Waals surface area (Å²) in [5.74, 6) is 2.06. The van der Waals surface area contributed by atoms with Crippen molar-refractivity contribution in [3.05, 3.63) is 60.1 Å². The van der Waals surface area contributed by atoms with E-state index in [4.69, 9.17) is 4.42 Å². The van der Waals surface area contributed by atoms with E-state index in [9.17, 15) is 4.79 Å². The van der Waals surface area contributed by atoms with E-state index in [1.54, 1.807) is 18.0 Å². The van der Waals surface area contributed by atoms with Crippen molar-refractivity contribution in [1.82, 2.24) is 20.1 Å². The summed E-state index contributed by atoms with van der Waals surface area (Å²) in [7, 11) is 0. The van der Waals surface area contributed by atoms with Crippen LogP contribution in [0.25, 0.3) is 11.6 Å². The number of pyridine rings is 1. The summed E-state index contributed by atoms with van der Waals surface area (Å²) >= 11 is 1.70. The van der Waals surface area contributed by atoms with E-state index in [1.807, 2.05) is 47.4 Å². The maximum absolute atomic E-state index is 13.1. The lowest BCUT2D eigenvalue weighted by atomic mass is 9.97. The zero-order valence-corrected chi connectivity index (χ0v) is 16.6. The third-order valence-electron chi connectivity index (χ3n) is 4.80. The zero-order valence-electron chi connectivity index (χ0n) is 15.7. The molecule has 0 bridgehead atoms. The van der Waals surface area contributed by atoms with Gasteiger partial charge in [0.05, 0.1) is 11.5 Å². The van der Waals surface area contributed by atoms with Gasteiger partial charge >= 0.3 is 0 Å². The molecule has 1 atom stereocenters. The second-order valence-corrected chi connectivity index (χ2v) is 7.99. The van der Waals surface area contributed by atoms with Crippen LogP contribution in [0.3, 0.4) is 0 Å². The van der Waals surface area contributed by atoms with Crippen molar-refractivity contribution in [3.63, 3.8) is 0 Å². The fourth-order valence-electron chi connectivity index (χ4n) is 3.45. The van der Waals surface area contributed by atoms with Gasteiger partial charge in [-0.15, -0.1) is 22.0 Å². The minimum Gasteiger partial charge on any atom is -0.419 e. The van der Waals surface area contributed by atoms with Crippen molar-refractivity contribution in [1.29, 1.82) is 0 Å². The molecule has 28 heavy (non-hydrogen) atoms. The molecule has 4 rings (SSSR count). The van der Waals surface area contributed by atoms with Gasteiger partial charge in [0.25, 0.3) is 11.8 Å². The number of piperidine rings is 1. The molecule has 1 fully saturated rings. The van der Waals surface area contributed by atoms with Crippen molar-refractivity contribution >= 4 is 17.7 Å². The molecular formula is C21H22N4O2S. The third kappa shape index (κ3) is 3.94. The lowest BCUT2D eigenvalue weighted by Gasteiger charge is -2.31. The van der Waals surface area contributed by atoms with E-state index in [0.29, 0.717) is 24.0 Å². The molecule has 1 aromatic carbocycles. The van der Waals surface area contributed by atoms with Crippen LogP contribution in [-0.2, 0) is 0 Å². The number of hydrogen-bond acceptors (Lipinski definition) is 6. The largest absolute Gasteiger partial charge is 0.419 e. The van der Waals surface area contributed by atoms with Crippen molar-refractivity contribution in [2.75, 3.05) is 18.8 Å². The van der Waals surface area contributed by atoms with Crippen LogP contribution in [0.4, 0.5) is 0 Å². The maximum atomic E-state index is 13.1. The van der Waals surface area contributed by atoms with E-state index >= 15 is 0 Å². The van der Waals surface area contributed by atoms with Crippen LogP contribution in [0.15, 0.2) is 58.0 Å². The quantitative estimate of drug-likeness (QED) is 0.602. The summed E-state index contributed by atoms with van der Waals surface area (Å²) in [6.45, 7) is 3.44. The van der Waals surface area contributed by atoms with Gasteiger partial charge in [-0.25, -0.2) is 0 Å². The van der Waals surface area contributed by atoms with Gasteiger partial charge in [-0.3, -0.25) is 9.78 Å². The number of likely N-dealkylation sites (tertiary alicyclic amines) is 1. The minimum absolute atomic E-state index is 0.0497. The van der Waals surface area contributed by atoms with Crippen molar-refractivity contribution in [2.45, 2.75) is 30.6 Å². The van der Waals surface area contributed by atoms with Gasteiger partial charge in [-0.05, 0) is 42.9 Å². The Bertz CT molecular complexity index is 944. The minimum atomic E-state index is 0.0497. The van der Waals surface area contributed by atoms with Crippen LogP contribution in [-0.4, -0.2) is 44.8 Å². The molecule has 2 aromatic heterocycles. The van der Waals surface area contributed by atoms with Crippen LogP contribution < -0.4 is 0 Å². The maximum Gasteiger partial charge on any atom is 0.266 e. The van der Waals surface area contributed by atoms with Crippen molar-refractivity contribution < 1.29 is 9.21 Å². The first kappa shape index (κ1) is 18.7. The summed E-state index contributed by atoms with van der Waals surface area (Å²) in [6, 6.07) is 13.4. The number of hydrogen-bond donors (Lipinski definition) is 0. The lowest BCUT2D eigenvalue weighted by Crippen LogP contribution is -2.39. The number of carbonyl (C=O) groups excluding carboxylic acids is 1. The Balaban J connectivity index is 1.51. The molecule has 7 heteroatoms. The summed E-state index contributed by atoms with van der Waals surface area (Å²) in [5.41, 5.74) is 1.44. The number of benzene rings is 1. The smallest absolute Gasteiger partial charge is 0.266 e. The van der Waals surface area contributed by atoms with Gasteiger partial charge in [0, 0.05) is 24.2 Å². The fraction of sp³-hybridized carbons (Fsp3) is 0.333. The van der Waals surface area contributed by atoms with Crippen LogP contribution in [0.5, 0.6) is 0 Å². The van der Waals surface area contributed by atoms with Crippen LogP contribution >= 0.6 is 11.8 Å². The molecule has 6 nitrogen and oxygen atoms in total. The number of carbonyl (C=O) groups is 1. The highest BCUT2D eigenvalue weighted by atomic mass is 32.2. The monoisotopic (exact) mass is 394 g/mol. The number of thioether (sulfide) groups is 1. The van der Waals surface area contributed by atoms with Gasteiger partial charge < -0.3 is 9.32 Å². The summed E-state index contributed by atoms with van der Waals surface area (Å²) in [6.07, 6.45) is 3.55. The number of amides is 1. The Morgan fingerprint density at radius 1 is 1.21 bits per heavy atom. The lowest BCUT2D eigenvalue weighted by molar-refractivity contribution is 0.0695. The van der Waals surface area contributed by atoms with E-state index in [-0.39, 0.29) is 11.8 Å². The third-order valence-corrected chi connectivity index (χ3v) is 5.76. The Kier molecular flexibility index (Phi) is 5.71. The van der Waals surface area contributed by atoms with E-state index in [0.717, 1.165) is 35.6 Å². The van der Waals surface area contributed by atoms with Crippen LogP contribution in [0.1, 0.15) is 41.9 Å². The number of aromatic nitrogens is 3. The van der Waals surface area contributed by atoms with E-state index in [1.165, 1.54) is 0 Å². The Labute approximate surface area is 168 Å². The fourth-order valence-corrected chi connectivity index (χ4v) is 4.25. The second kappa shape index (κ2) is 8.56. The van der Waals surface area contributed by atoms with E-state index in [2.05, 4.69) is 22.1 Å². The van der Waals surface area contributed by atoms with Gasteiger partial charge in [0.1, 0.15) is 5.69 Å². The van der Waals surface area contributed by atoms with E-state index < -0.39 is 0 Å². The molecule has 0 saturated carbocycles. The molecule has 3 aromatic rings. The number of rotatable bonds is 5. The predicted molar refractivity (Wildman–Crippen MR) is 108 cm³/mol. The molecule has 0 radical (unpaired) electrons. The average Bonchev–Trinajstić information content (AvgIpc) is 3.25. The highest BCUT2D eigenvalue weighted by Gasteiger charge is 2.30. The molecule has 1 unspecified atom stereocenters. The standard InChI is InChI=1S/C21H22N4O2S/c1-2-28-18-11-4-3-9-16(18)21(26)25-13-7-8-15(14-25)19-23-24-20(27-19)17-10-5-6-12-22-17/h3-6,9-12,15H,2,7-8,13-14H2,1H3. The molecule has 1 aliphatic rings. The SMILES string of the molecule is CCSc1ccccc1C(=O)N1CCCC(c2nnc(-c3ccccn3)o2)C1. The second-order valence-electron chi connectivity index (χ2n) is 6.68. The first-order valence-electron chi connectivity index (χ1n) is 9.52. The summed E-state index contributed by atoms with van der Waals surface area (Å²) < 4.78 is 5.88. The van der Waals surface area contributed by atoms with Crippen LogP contribution in [0, 0.1) is 0 Å². The highest BCUT2D eigenvalue weighted by Crippen LogP contribution is 2.30. The van der Waals surface area contributed by atoms with Gasteiger partial charge in [0.15, 0.2) is 0 Å². The molecule has 0 N–H and O–H groups in total. The zero-order chi connectivity index (χ0) is 19.3. The van der Waals surface area contributed by atoms with Crippen LogP contribution in [0.2, 0.25) is 0 Å². The Morgan fingerprint density at radius 2 is 2.07 bits per heavy atom. The molecular weight excluding hydrogens is 372 g/mol. The Hall–Kier alpha value is -2.67. The van der Waals surface area contributed by atoms with Gasteiger partial charge in [-0.1, -0.05) is 25.1 Å². The number of nitrogens with zero attached hydrogens (tertiary/aromatic N) is 4. The first-order chi connectivity index (χ1) is 13.8. The topological polar surface area (TPSA) is 72.1 Å². The normalized spacial score (nSPS) is 16.9. The van der Waals surface area contributed by atoms with Crippen molar-refractivity contribution in [3.8, 4) is 11.6 Å².